The minimum absolute atomic E-state index is 0. The summed E-state index contributed by atoms with van der Waals surface area (Å²) >= 11 is 0. The van der Waals surface area contributed by atoms with E-state index in [0.29, 0.717) is 13.2 Å². The number of nitrogens with one attached hydrogen (secondary N) is 1. The Balaban J connectivity index is 0.00000320. The molecule has 0 aromatic carbocycles. The highest BCUT2D eigenvalue weighted by atomic mass is 127. The number of anilines is 1. The maximum Gasteiger partial charge on any atom is 0.309 e. The van der Waals surface area contributed by atoms with E-state index in [1.165, 1.54) is 24.8 Å². The average Bonchev–Trinajstić information content (AvgIpc) is 2.78. The van der Waals surface area contributed by atoms with Crippen LogP contribution in [0.2, 0.25) is 0 Å². The van der Waals surface area contributed by atoms with Crippen LogP contribution in [0.4, 0.5) is 5.82 Å². The molecule has 0 saturated carbocycles. The minimum atomic E-state index is -0.0592. The Labute approximate surface area is 197 Å². The average molecular weight is 529 g/mol. The zero-order valence-corrected chi connectivity index (χ0v) is 20.6. The number of pyridine rings is 1. The molecule has 0 atom stereocenters. The molecule has 3 heterocycles. The van der Waals surface area contributed by atoms with Crippen LogP contribution in [-0.2, 0) is 16.1 Å². The molecule has 30 heavy (non-hydrogen) atoms. The van der Waals surface area contributed by atoms with Crippen LogP contribution < -0.4 is 10.2 Å². The maximum atomic E-state index is 12.0. The van der Waals surface area contributed by atoms with Crippen LogP contribution in [0.25, 0.3) is 0 Å². The number of carbonyl (C=O) groups excluding carboxylic acids is 1. The quantitative estimate of drug-likeness (QED) is 0.264. The van der Waals surface area contributed by atoms with E-state index in [1.54, 1.807) is 0 Å². The number of esters is 1. The van der Waals surface area contributed by atoms with Crippen LogP contribution in [0.3, 0.4) is 0 Å². The zero-order chi connectivity index (χ0) is 20.5. The van der Waals surface area contributed by atoms with Gasteiger partial charge in [0, 0.05) is 38.9 Å². The fourth-order valence-corrected chi connectivity index (χ4v) is 4.03. The third-order valence-corrected chi connectivity index (χ3v) is 5.65. The lowest BCUT2D eigenvalue weighted by atomic mass is 9.97. The first-order chi connectivity index (χ1) is 14.2. The summed E-state index contributed by atoms with van der Waals surface area (Å²) < 4.78 is 5.18. The van der Waals surface area contributed by atoms with Crippen molar-refractivity contribution in [1.29, 1.82) is 0 Å². The fraction of sp³-hybridized carbons (Fsp3) is 0.682. The molecule has 0 unspecified atom stereocenters. The second kappa shape index (κ2) is 13.0. The molecule has 3 rings (SSSR count). The normalized spacial score (nSPS) is 18.0. The Hall–Kier alpha value is -1.58. The van der Waals surface area contributed by atoms with Gasteiger partial charge in [0.2, 0.25) is 0 Å². The Morgan fingerprint density at radius 2 is 1.93 bits per heavy atom. The van der Waals surface area contributed by atoms with Gasteiger partial charge in [-0.1, -0.05) is 0 Å². The third-order valence-electron chi connectivity index (χ3n) is 5.65. The second-order valence-electron chi connectivity index (χ2n) is 7.75. The molecule has 0 amide bonds. The first-order valence-corrected chi connectivity index (χ1v) is 11.1. The van der Waals surface area contributed by atoms with Crippen LogP contribution in [-0.4, -0.2) is 61.1 Å². The van der Waals surface area contributed by atoms with Gasteiger partial charge >= 0.3 is 5.97 Å². The third kappa shape index (κ3) is 6.99. The molecular formula is C22H36IN5O2. The number of hydrogen-bond donors (Lipinski definition) is 1. The van der Waals surface area contributed by atoms with E-state index >= 15 is 0 Å². The van der Waals surface area contributed by atoms with Crippen molar-refractivity contribution in [2.75, 3.05) is 44.2 Å². The van der Waals surface area contributed by atoms with Crippen molar-refractivity contribution in [1.82, 2.24) is 15.2 Å². The number of rotatable bonds is 6. The molecular weight excluding hydrogens is 493 g/mol. The summed E-state index contributed by atoms with van der Waals surface area (Å²) in [4.78, 5) is 26.0. The van der Waals surface area contributed by atoms with E-state index in [0.717, 1.165) is 57.3 Å². The number of aliphatic imine (C=N–C) groups is 1. The SMILES string of the molecule is CCNC(=NCc1ccnc(N2CCCCC2)c1)N1CCC(C(=O)OCC)CC1.I. The van der Waals surface area contributed by atoms with Crippen molar-refractivity contribution >= 4 is 41.7 Å². The standard InChI is InChI=1S/C22H35N5O2.HI/c1-3-23-22(27-14-9-19(10-15-27)21(28)29-4-2)25-17-18-8-11-24-20(16-18)26-12-6-5-7-13-26;/h8,11,16,19H,3-7,9-10,12-15,17H2,1-2H3,(H,23,25);1H. The van der Waals surface area contributed by atoms with Gasteiger partial charge in [-0.05, 0) is 63.6 Å². The summed E-state index contributed by atoms with van der Waals surface area (Å²) in [6, 6.07) is 4.22. The molecule has 2 aliphatic heterocycles. The van der Waals surface area contributed by atoms with Crippen LogP contribution in [0.15, 0.2) is 23.3 Å². The van der Waals surface area contributed by atoms with E-state index < -0.39 is 0 Å². The predicted molar refractivity (Wildman–Crippen MR) is 131 cm³/mol. The molecule has 0 spiro atoms. The Kier molecular flexibility index (Phi) is 10.7. The molecule has 2 saturated heterocycles. The van der Waals surface area contributed by atoms with Gasteiger partial charge in [0.15, 0.2) is 5.96 Å². The largest absolute Gasteiger partial charge is 0.466 e. The molecule has 1 N–H and O–H groups in total. The zero-order valence-electron chi connectivity index (χ0n) is 18.3. The molecule has 8 heteroatoms. The molecule has 7 nitrogen and oxygen atoms in total. The summed E-state index contributed by atoms with van der Waals surface area (Å²) in [5, 5.41) is 3.40. The van der Waals surface area contributed by atoms with Crippen molar-refractivity contribution < 1.29 is 9.53 Å². The number of ether oxygens (including phenoxy) is 1. The number of likely N-dealkylation sites (tertiary alicyclic amines) is 1. The molecule has 168 valence electrons. The van der Waals surface area contributed by atoms with Crippen LogP contribution >= 0.6 is 24.0 Å². The first-order valence-electron chi connectivity index (χ1n) is 11.1. The summed E-state index contributed by atoms with van der Waals surface area (Å²) in [7, 11) is 0. The number of aromatic nitrogens is 1. The van der Waals surface area contributed by atoms with Crippen molar-refractivity contribution in [3.8, 4) is 0 Å². The van der Waals surface area contributed by atoms with Gasteiger partial charge < -0.3 is 19.9 Å². The molecule has 0 aliphatic carbocycles. The van der Waals surface area contributed by atoms with E-state index in [2.05, 4.69) is 33.1 Å². The van der Waals surface area contributed by atoms with Gasteiger partial charge in [-0.2, -0.15) is 0 Å². The number of hydrogen-bond acceptors (Lipinski definition) is 5. The van der Waals surface area contributed by atoms with Gasteiger partial charge in [-0.3, -0.25) is 4.79 Å². The van der Waals surface area contributed by atoms with Gasteiger partial charge in [0.05, 0.1) is 19.1 Å². The highest BCUT2D eigenvalue weighted by molar-refractivity contribution is 14.0. The van der Waals surface area contributed by atoms with Gasteiger partial charge in [-0.25, -0.2) is 9.98 Å². The highest BCUT2D eigenvalue weighted by Gasteiger charge is 2.27. The van der Waals surface area contributed by atoms with Crippen molar-refractivity contribution in [2.45, 2.75) is 52.5 Å². The molecule has 1 aromatic heterocycles. The molecule has 2 aliphatic rings. The number of halogens is 1. The number of carbonyl (C=O) groups is 1. The Bertz CT molecular complexity index is 686. The lowest BCUT2D eigenvalue weighted by Crippen LogP contribution is -2.46. The van der Waals surface area contributed by atoms with Crippen LogP contribution in [0.5, 0.6) is 0 Å². The number of piperidine rings is 2. The minimum Gasteiger partial charge on any atom is -0.466 e. The second-order valence-corrected chi connectivity index (χ2v) is 7.75. The van der Waals surface area contributed by atoms with Crippen molar-refractivity contribution in [2.24, 2.45) is 10.9 Å². The maximum absolute atomic E-state index is 12.0. The lowest BCUT2D eigenvalue weighted by Gasteiger charge is -2.33. The molecule has 0 bridgehead atoms. The van der Waals surface area contributed by atoms with E-state index in [9.17, 15) is 4.79 Å². The Morgan fingerprint density at radius 1 is 1.20 bits per heavy atom. The van der Waals surface area contributed by atoms with Crippen molar-refractivity contribution in [3.05, 3.63) is 23.9 Å². The molecule has 0 radical (unpaired) electrons. The number of nitrogens with zero attached hydrogens (tertiary/aromatic N) is 4. The fourth-order valence-electron chi connectivity index (χ4n) is 4.03. The van der Waals surface area contributed by atoms with Gasteiger partial charge in [0.1, 0.15) is 5.82 Å². The van der Waals surface area contributed by atoms with Crippen molar-refractivity contribution in [3.63, 3.8) is 0 Å². The monoisotopic (exact) mass is 529 g/mol. The predicted octanol–water partition coefficient (Wildman–Crippen LogP) is 3.43. The number of guanidine groups is 1. The topological polar surface area (TPSA) is 70.1 Å². The van der Waals surface area contributed by atoms with Gasteiger partial charge in [-0.15, -0.1) is 24.0 Å². The van der Waals surface area contributed by atoms with E-state index in [-0.39, 0.29) is 35.9 Å². The van der Waals surface area contributed by atoms with E-state index in [1.807, 2.05) is 19.2 Å². The molecule has 2 fully saturated rings. The Morgan fingerprint density at radius 3 is 2.60 bits per heavy atom. The summed E-state index contributed by atoms with van der Waals surface area (Å²) in [5.74, 6) is 1.95. The molecule has 1 aromatic rings. The van der Waals surface area contributed by atoms with Crippen LogP contribution in [0.1, 0.15) is 51.5 Å². The first kappa shape index (κ1) is 24.7. The summed E-state index contributed by atoms with van der Waals surface area (Å²) in [6.45, 7) is 9.69. The lowest BCUT2D eigenvalue weighted by molar-refractivity contribution is -0.149. The van der Waals surface area contributed by atoms with E-state index in [4.69, 9.17) is 9.73 Å². The van der Waals surface area contributed by atoms with Gasteiger partial charge in [0.25, 0.3) is 0 Å². The smallest absolute Gasteiger partial charge is 0.309 e. The summed E-state index contributed by atoms with van der Waals surface area (Å²) in [6.07, 6.45) is 7.34. The highest BCUT2D eigenvalue weighted by Crippen LogP contribution is 2.20. The van der Waals surface area contributed by atoms with Crippen LogP contribution in [0, 0.1) is 5.92 Å². The summed E-state index contributed by atoms with van der Waals surface area (Å²) in [5.41, 5.74) is 1.18.